The van der Waals surface area contributed by atoms with E-state index >= 15 is 0 Å². The molecule has 0 atom stereocenters. The SMILES string of the molecule is COc1ccc2cc(C(=O)CCNC3CCCC3)c(=O)oc2c1. The van der Waals surface area contributed by atoms with Crippen LogP contribution in [-0.4, -0.2) is 25.5 Å². The first-order chi connectivity index (χ1) is 11.2. The maximum Gasteiger partial charge on any atom is 0.347 e. The first-order valence-corrected chi connectivity index (χ1v) is 8.06. The van der Waals surface area contributed by atoms with E-state index in [0.717, 1.165) is 5.39 Å². The van der Waals surface area contributed by atoms with Crippen LogP contribution in [0.25, 0.3) is 11.0 Å². The Labute approximate surface area is 134 Å². The fourth-order valence-electron chi connectivity index (χ4n) is 3.07. The monoisotopic (exact) mass is 315 g/mol. The largest absolute Gasteiger partial charge is 0.497 e. The molecular weight excluding hydrogens is 294 g/mol. The highest BCUT2D eigenvalue weighted by molar-refractivity contribution is 5.98. The molecule has 1 saturated carbocycles. The van der Waals surface area contributed by atoms with Crippen LogP contribution < -0.4 is 15.7 Å². The van der Waals surface area contributed by atoms with Gasteiger partial charge < -0.3 is 14.5 Å². The maximum absolute atomic E-state index is 12.3. The number of fused-ring (bicyclic) bond motifs is 1. The Morgan fingerprint density at radius 1 is 1.30 bits per heavy atom. The van der Waals surface area contributed by atoms with E-state index in [4.69, 9.17) is 9.15 Å². The van der Waals surface area contributed by atoms with Crippen molar-refractivity contribution in [2.24, 2.45) is 0 Å². The van der Waals surface area contributed by atoms with Crippen LogP contribution in [-0.2, 0) is 0 Å². The van der Waals surface area contributed by atoms with Gasteiger partial charge in [-0.2, -0.15) is 0 Å². The van der Waals surface area contributed by atoms with Crippen LogP contribution in [0.2, 0.25) is 0 Å². The van der Waals surface area contributed by atoms with Crippen molar-refractivity contribution in [3.8, 4) is 5.75 Å². The van der Waals surface area contributed by atoms with Crippen molar-refractivity contribution >= 4 is 16.8 Å². The molecule has 0 aliphatic heterocycles. The summed E-state index contributed by atoms with van der Waals surface area (Å²) in [6, 6.07) is 7.33. The number of hydrogen-bond acceptors (Lipinski definition) is 5. The summed E-state index contributed by atoms with van der Waals surface area (Å²) in [6.07, 6.45) is 5.16. The van der Waals surface area contributed by atoms with Crippen LogP contribution >= 0.6 is 0 Å². The second kappa shape index (κ2) is 6.96. The molecule has 0 bridgehead atoms. The predicted octanol–water partition coefficient (Wildman–Crippen LogP) is 2.91. The van der Waals surface area contributed by atoms with Crippen LogP contribution in [0, 0.1) is 0 Å². The van der Waals surface area contributed by atoms with E-state index in [9.17, 15) is 9.59 Å². The minimum absolute atomic E-state index is 0.121. The summed E-state index contributed by atoms with van der Waals surface area (Å²) in [5.74, 6) is 0.433. The zero-order valence-corrected chi connectivity index (χ0v) is 13.3. The molecular formula is C18H21NO4. The van der Waals surface area contributed by atoms with E-state index in [1.54, 1.807) is 31.4 Å². The Bertz CT molecular complexity index is 759. The van der Waals surface area contributed by atoms with Gasteiger partial charge in [-0.3, -0.25) is 4.79 Å². The second-order valence-corrected chi connectivity index (χ2v) is 5.96. The number of benzene rings is 1. The Balaban J connectivity index is 1.72. The Hall–Kier alpha value is -2.14. The molecule has 1 aromatic heterocycles. The molecule has 1 aromatic carbocycles. The summed E-state index contributed by atoms with van der Waals surface area (Å²) < 4.78 is 10.4. The second-order valence-electron chi connectivity index (χ2n) is 5.96. The van der Waals surface area contributed by atoms with E-state index in [0.29, 0.717) is 30.3 Å². The summed E-state index contributed by atoms with van der Waals surface area (Å²) in [6.45, 7) is 0.601. The van der Waals surface area contributed by atoms with E-state index < -0.39 is 5.63 Å². The van der Waals surface area contributed by atoms with Gasteiger partial charge in [0.1, 0.15) is 16.9 Å². The molecule has 1 N–H and O–H groups in total. The van der Waals surface area contributed by atoms with Crippen molar-refractivity contribution in [1.29, 1.82) is 0 Å². The molecule has 1 aliphatic carbocycles. The summed E-state index contributed by atoms with van der Waals surface area (Å²) >= 11 is 0. The van der Waals surface area contributed by atoms with E-state index in [1.165, 1.54) is 25.7 Å². The van der Waals surface area contributed by atoms with Crippen molar-refractivity contribution < 1.29 is 13.9 Å². The molecule has 3 rings (SSSR count). The molecule has 5 nitrogen and oxygen atoms in total. The van der Waals surface area contributed by atoms with Crippen molar-refractivity contribution in [1.82, 2.24) is 5.32 Å². The van der Waals surface area contributed by atoms with E-state index in [1.807, 2.05) is 0 Å². The molecule has 1 heterocycles. The number of methoxy groups -OCH3 is 1. The summed E-state index contributed by atoms with van der Waals surface area (Å²) in [7, 11) is 1.55. The minimum atomic E-state index is -0.586. The fraction of sp³-hybridized carbons (Fsp3) is 0.444. The molecule has 1 aliphatic rings. The van der Waals surface area contributed by atoms with Crippen LogP contribution in [0.15, 0.2) is 33.5 Å². The third-order valence-electron chi connectivity index (χ3n) is 4.38. The molecule has 0 saturated heterocycles. The van der Waals surface area contributed by atoms with Gasteiger partial charge in [0.15, 0.2) is 5.78 Å². The highest BCUT2D eigenvalue weighted by Crippen LogP contribution is 2.21. The number of ketones is 1. The number of nitrogens with one attached hydrogen (secondary N) is 1. The molecule has 5 heteroatoms. The molecule has 0 spiro atoms. The summed E-state index contributed by atoms with van der Waals surface area (Å²) in [5.41, 5.74) is -0.0394. The Morgan fingerprint density at radius 3 is 2.83 bits per heavy atom. The van der Waals surface area contributed by atoms with Gasteiger partial charge in [-0.25, -0.2) is 4.79 Å². The average Bonchev–Trinajstić information content (AvgIpc) is 3.06. The molecule has 0 amide bonds. The zero-order valence-electron chi connectivity index (χ0n) is 13.3. The smallest absolute Gasteiger partial charge is 0.347 e. The number of carbonyl (C=O) groups excluding carboxylic acids is 1. The van der Waals surface area contributed by atoms with Crippen molar-refractivity contribution in [2.45, 2.75) is 38.1 Å². The number of hydrogen-bond donors (Lipinski definition) is 1. The van der Waals surface area contributed by atoms with Gasteiger partial charge in [0.25, 0.3) is 0 Å². The first-order valence-electron chi connectivity index (χ1n) is 8.06. The standard InChI is InChI=1S/C18H21NO4/c1-22-14-7-6-12-10-15(18(21)23-17(12)11-14)16(20)8-9-19-13-4-2-3-5-13/h6-7,10-11,13,19H,2-5,8-9H2,1H3. The topological polar surface area (TPSA) is 68.5 Å². The van der Waals surface area contributed by atoms with Crippen molar-refractivity contribution in [3.05, 3.63) is 40.2 Å². The average molecular weight is 315 g/mol. The van der Waals surface area contributed by atoms with Gasteiger partial charge in [0, 0.05) is 30.5 Å². The molecule has 23 heavy (non-hydrogen) atoms. The number of carbonyl (C=O) groups is 1. The third kappa shape index (κ3) is 3.62. The van der Waals surface area contributed by atoms with Gasteiger partial charge in [-0.15, -0.1) is 0 Å². The number of ether oxygens (including phenoxy) is 1. The van der Waals surface area contributed by atoms with Crippen LogP contribution in [0.3, 0.4) is 0 Å². The lowest BCUT2D eigenvalue weighted by Gasteiger charge is -2.10. The van der Waals surface area contributed by atoms with Gasteiger partial charge in [-0.1, -0.05) is 12.8 Å². The third-order valence-corrected chi connectivity index (χ3v) is 4.38. The normalized spacial score (nSPS) is 15.2. The van der Waals surface area contributed by atoms with Gasteiger partial charge in [0.2, 0.25) is 0 Å². The van der Waals surface area contributed by atoms with Gasteiger partial charge in [-0.05, 0) is 31.0 Å². The molecule has 0 unspecified atom stereocenters. The van der Waals surface area contributed by atoms with Crippen molar-refractivity contribution in [2.75, 3.05) is 13.7 Å². The van der Waals surface area contributed by atoms with E-state index in [2.05, 4.69) is 5.32 Å². The van der Waals surface area contributed by atoms with Crippen LogP contribution in [0.1, 0.15) is 42.5 Å². The maximum atomic E-state index is 12.3. The zero-order chi connectivity index (χ0) is 16.2. The number of Topliss-reactive ketones (excluding diaryl/α,β-unsaturated/α-hetero) is 1. The summed E-state index contributed by atoms with van der Waals surface area (Å²) in [5, 5.41) is 4.10. The highest BCUT2D eigenvalue weighted by Gasteiger charge is 2.17. The lowest BCUT2D eigenvalue weighted by atomic mass is 10.1. The van der Waals surface area contributed by atoms with Gasteiger partial charge >= 0.3 is 5.63 Å². The van der Waals surface area contributed by atoms with Crippen LogP contribution in [0.4, 0.5) is 0 Å². The lowest BCUT2D eigenvalue weighted by molar-refractivity contribution is 0.0978. The quantitative estimate of drug-likeness (QED) is 0.656. The summed E-state index contributed by atoms with van der Waals surface area (Å²) in [4.78, 5) is 24.3. The van der Waals surface area contributed by atoms with Crippen LogP contribution in [0.5, 0.6) is 5.75 Å². The lowest BCUT2D eigenvalue weighted by Crippen LogP contribution is -2.29. The molecule has 2 aromatic rings. The fourth-order valence-corrected chi connectivity index (χ4v) is 3.07. The highest BCUT2D eigenvalue weighted by atomic mass is 16.5. The van der Waals surface area contributed by atoms with Gasteiger partial charge in [0.05, 0.1) is 7.11 Å². The predicted molar refractivity (Wildman–Crippen MR) is 88.2 cm³/mol. The van der Waals surface area contributed by atoms with Crippen molar-refractivity contribution in [3.63, 3.8) is 0 Å². The molecule has 1 fully saturated rings. The van der Waals surface area contributed by atoms with E-state index in [-0.39, 0.29) is 11.3 Å². The molecule has 122 valence electrons. The number of rotatable bonds is 6. The Kier molecular flexibility index (Phi) is 4.76. The minimum Gasteiger partial charge on any atom is -0.497 e. The first kappa shape index (κ1) is 15.7. The Morgan fingerprint density at radius 2 is 2.09 bits per heavy atom. The molecule has 0 radical (unpaired) electrons.